The maximum absolute atomic E-state index is 13.2. The molecular formula is C17H19F2N3O2. The third-order valence-corrected chi connectivity index (χ3v) is 4.01. The fourth-order valence-electron chi connectivity index (χ4n) is 2.72. The van der Waals surface area contributed by atoms with Crippen LogP contribution in [0.25, 0.3) is 0 Å². The SMILES string of the molecule is Cc1cn(C(=O)NC2CCC(F)(F)CC2)c(Oc2ccccc2)n1. The molecule has 1 N–H and O–H groups in total. The molecule has 0 aliphatic heterocycles. The number of imidazole rings is 1. The highest BCUT2D eigenvalue weighted by atomic mass is 19.3. The molecule has 24 heavy (non-hydrogen) atoms. The van der Waals surface area contributed by atoms with Crippen LogP contribution in [0, 0.1) is 6.92 Å². The average molecular weight is 335 g/mol. The molecule has 1 heterocycles. The molecule has 0 bridgehead atoms. The third kappa shape index (κ3) is 3.90. The third-order valence-electron chi connectivity index (χ3n) is 4.01. The second kappa shape index (κ2) is 6.59. The molecule has 1 aliphatic rings. The van der Waals surface area contributed by atoms with Gasteiger partial charge in [0.2, 0.25) is 5.92 Å². The highest BCUT2D eigenvalue weighted by Crippen LogP contribution is 2.33. The lowest BCUT2D eigenvalue weighted by molar-refractivity contribution is -0.0395. The van der Waals surface area contributed by atoms with Gasteiger partial charge in [0, 0.05) is 25.1 Å². The van der Waals surface area contributed by atoms with Crippen molar-refractivity contribution in [1.82, 2.24) is 14.9 Å². The van der Waals surface area contributed by atoms with Gasteiger partial charge in [-0.3, -0.25) is 0 Å². The number of aryl methyl sites for hydroxylation is 1. The number of hydrogen-bond donors (Lipinski definition) is 1. The number of aromatic nitrogens is 2. The van der Waals surface area contributed by atoms with E-state index in [1.165, 1.54) is 4.57 Å². The van der Waals surface area contributed by atoms with Crippen LogP contribution in [0.3, 0.4) is 0 Å². The second-order valence-electron chi connectivity index (χ2n) is 6.03. The molecule has 5 nitrogen and oxygen atoms in total. The zero-order valence-corrected chi connectivity index (χ0v) is 13.3. The van der Waals surface area contributed by atoms with Gasteiger partial charge in [-0.05, 0) is 31.9 Å². The van der Waals surface area contributed by atoms with Crippen LogP contribution in [0.1, 0.15) is 31.4 Å². The summed E-state index contributed by atoms with van der Waals surface area (Å²) in [7, 11) is 0. The van der Waals surface area contributed by atoms with Crippen molar-refractivity contribution in [2.24, 2.45) is 0 Å². The normalized spacial score (nSPS) is 17.5. The minimum atomic E-state index is -2.62. The molecule has 3 rings (SSSR count). The minimum Gasteiger partial charge on any atom is -0.425 e. The molecule has 2 aromatic rings. The first-order valence-electron chi connectivity index (χ1n) is 7.90. The number of ether oxygens (including phenoxy) is 1. The molecular weight excluding hydrogens is 316 g/mol. The number of carbonyl (C=O) groups is 1. The van der Waals surface area contributed by atoms with Crippen molar-refractivity contribution in [3.8, 4) is 11.8 Å². The first-order chi connectivity index (χ1) is 11.4. The smallest absolute Gasteiger partial charge is 0.329 e. The molecule has 0 spiro atoms. The monoisotopic (exact) mass is 335 g/mol. The van der Waals surface area contributed by atoms with Crippen molar-refractivity contribution in [2.75, 3.05) is 0 Å². The predicted octanol–water partition coefficient (Wildman–Crippen LogP) is 4.12. The molecule has 1 aromatic heterocycles. The lowest BCUT2D eigenvalue weighted by atomic mass is 9.92. The largest absolute Gasteiger partial charge is 0.425 e. The van der Waals surface area contributed by atoms with Crippen molar-refractivity contribution in [3.63, 3.8) is 0 Å². The number of alkyl halides is 2. The Labute approximate surface area is 138 Å². The summed E-state index contributed by atoms with van der Waals surface area (Å²) in [5.41, 5.74) is 0.631. The summed E-state index contributed by atoms with van der Waals surface area (Å²) in [6, 6.07) is 8.48. The maximum atomic E-state index is 13.2. The first-order valence-corrected chi connectivity index (χ1v) is 7.90. The van der Waals surface area contributed by atoms with E-state index in [0.29, 0.717) is 11.4 Å². The summed E-state index contributed by atoms with van der Waals surface area (Å²) in [4.78, 5) is 16.6. The van der Waals surface area contributed by atoms with E-state index in [2.05, 4.69) is 10.3 Å². The maximum Gasteiger partial charge on any atom is 0.329 e. The average Bonchev–Trinajstić information content (AvgIpc) is 2.91. The fraction of sp³-hybridized carbons (Fsp3) is 0.412. The van der Waals surface area contributed by atoms with Crippen molar-refractivity contribution < 1.29 is 18.3 Å². The van der Waals surface area contributed by atoms with E-state index in [1.54, 1.807) is 25.3 Å². The van der Waals surface area contributed by atoms with Crippen LogP contribution in [-0.2, 0) is 0 Å². The van der Waals surface area contributed by atoms with E-state index < -0.39 is 12.0 Å². The standard InChI is InChI=1S/C17H19F2N3O2/c1-12-11-22(16(20-12)24-14-5-3-2-4-6-14)15(23)21-13-7-9-17(18,19)10-8-13/h2-6,11,13H,7-10H2,1H3,(H,21,23). The Kier molecular flexibility index (Phi) is 4.51. The Hall–Kier alpha value is -2.44. The number of benzene rings is 1. The van der Waals surface area contributed by atoms with E-state index in [9.17, 15) is 13.6 Å². The van der Waals surface area contributed by atoms with Gasteiger partial charge in [0.05, 0.1) is 5.69 Å². The molecule has 0 saturated heterocycles. The number of nitrogens with zero attached hydrogens (tertiary/aromatic N) is 2. The van der Waals surface area contributed by atoms with Crippen molar-refractivity contribution >= 4 is 6.03 Å². The predicted molar refractivity (Wildman–Crippen MR) is 84.6 cm³/mol. The highest BCUT2D eigenvalue weighted by molar-refractivity contribution is 5.78. The Balaban J connectivity index is 1.69. The van der Waals surface area contributed by atoms with Crippen LogP contribution in [0.15, 0.2) is 36.5 Å². The van der Waals surface area contributed by atoms with Gasteiger partial charge in [-0.2, -0.15) is 4.98 Å². The van der Waals surface area contributed by atoms with E-state index in [0.717, 1.165) is 0 Å². The molecule has 1 aliphatic carbocycles. The van der Waals surface area contributed by atoms with Crippen molar-refractivity contribution in [3.05, 3.63) is 42.2 Å². The van der Waals surface area contributed by atoms with Gasteiger partial charge in [-0.15, -0.1) is 0 Å². The second-order valence-corrected chi connectivity index (χ2v) is 6.03. The Morgan fingerprint density at radius 3 is 2.62 bits per heavy atom. The van der Waals surface area contributed by atoms with Crippen LogP contribution < -0.4 is 10.1 Å². The van der Waals surface area contributed by atoms with Gasteiger partial charge in [0.15, 0.2) is 0 Å². The zero-order valence-electron chi connectivity index (χ0n) is 13.3. The first kappa shape index (κ1) is 16.4. The molecule has 1 amide bonds. The van der Waals surface area contributed by atoms with Gasteiger partial charge >= 0.3 is 12.0 Å². The van der Waals surface area contributed by atoms with Crippen LogP contribution in [0.5, 0.6) is 11.8 Å². The molecule has 7 heteroatoms. The van der Waals surface area contributed by atoms with E-state index >= 15 is 0 Å². The number of hydrogen-bond acceptors (Lipinski definition) is 3. The fourth-order valence-corrected chi connectivity index (χ4v) is 2.72. The number of nitrogens with one attached hydrogen (secondary N) is 1. The number of para-hydroxylation sites is 1. The van der Waals surface area contributed by atoms with Crippen LogP contribution in [-0.4, -0.2) is 27.5 Å². The van der Waals surface area contributed by atoms with Crippen molar-refractivity contribution in [2.45, 2.75) is 44.6 Å². The minimum absolute atomic E-state index is 0.150. The van der Waals surface area contributed by atoms with E-state index in [-0.39, 0.29) is 37.7 Å². The summed E-state index contributed by atoms with van der Waals surface area (Å²) in [6.07, 6.45) is 1.69. The lowest BCUT2D eigenvalue weighted by Gasteiger charge is -2.28. The van der Waals surface area contributed by atoms with Gasteiger partial charge < -0.3 is 10.1 Å². The summed E-state index contributed by atoms with van der Waals surface area (Å²) in [6.45, 7) is 1.75. The molecule has 0 radical (unpaired) electrons. The van der Waals surface area contributed by atoms with Gasteiger partial charge in [0.1, 0.15) is 5.75 Å². The molecule has 1 fully saturated rings. The number of carbonyl (C=O) groups excluding carboxylic acids is 1. The molecule has 0 atom stereocenters. The molecule has 1 saturated carbocycles. The topological polar surface area (TPSA) is 56.2 Å². The highest BCUT2D eigenvalue weighted by Gasteiger charge is 2.35. The summed E-state index contributed by atoms with van der Waals surface area (Å²) < 4.78 is 33.3. The molecule has 128 valence electrons. The number of rotatable bonds is 3. The van der Waals surface area contributed by atoms with E-state index in [4.69, 9.17) is 4.74 Å². The summed E-state index contributed by atoms with van der Waals surface area (Å²) in [5.74, 6) is -2.05. The number of halogens is 2. The Morgan fingerprint density at radius 1 is 1.29 bits per heavy atom. The van der Waals surface area contributed by atoms with Gasteiger partial charge in [-0.25, -0.2) is 18.1 Å². The van der Waals surface area contributed by atoms with Gasteiger partial charge in [-0.1, -0.05) is 18.2 Å². The number of amides is 1. The zero-order chi connectivity index (χ0) is 17.2. The Bertz CT molecular complexity index is 706. The molecule has 1 aromatic carbocycles. The van der Waals surface area contributed by atoms with Crippen LogP contribution >= 0.6 is 0 Å². The summed E-state index contributed by atoms with van der Waals surface area (Å²) in [5, 5.41) is 2.78. The lowest BCUT2D eigenvalue weighted by Crippen LogP contribution is -2.42. The van der Waals surface area contributed by atoms with Crippen LogP contribution in [0.2, 0.25) is 0 Å². The van der Waals surface area contributed by atoms with E-state index in [1.807, 2.05) is 18.2 Å². The van der Waals surface area contributed by atoms with Crippen molar-refractivity contribution in [1.29, 1.82) is 0 Å². The Morgan fingerprint density at radius 2 is 1.96 bits per heavy atom. The molecule has 0 unspecified atom stereocenters. The van der Waals surface area contributed by atoms with Crippen LogP contribution in [0.4, 0.5) is 13.6 Å². The summed E-state index contributed by atoms with van der Waals surface area (Å²) >= 11 is 0. The van der Waals surface area contributed by atoms with Gasteiger partial charge in [0.25, 0.3) is 0 Å². The quantitative estimate of drug-likeness (QED) is 0.918.